The molecule has 0 aromatic heterocycles. The van der Waals surface area contributed by atoms with Crippen LogP contribution in [0, 0.1) is 12.7 Å². The van der Waals surface area contributed by atoms with Gasteiger partial charge in [-0.1, -0.05) is 23.8 Å². The van der Waals surface area contributed by atoms with E-state index in [2.05, 4.69) is 0 Å². The molecule has 0 atom stereocenters. The van der Waals surface area contributed by atoms with Crippen molar-refractivity contribution in [2.45, 2.75) is 6.92 Å². The van der Waals surface area contributed by atoms with E-state index in [1.165, 1.54) is 13.2 Å². The largest absolute Gasteiger partial charge is 0.483 e. The van der Waals surface area contributed by atoms with Gasteiger partial charge >= 0.3 is 5.97 Å². The highest BCUT2D eigenvalue weighted by atomic mass is 19.1. The highest BCUT2D eigenvalue weighted by Crippen LogP contribution is 2.22. The minimum absolute atomic E-state index is 0.174. The fourth-order valence-electron chi connectivity index (χ4n) is 3.17. The van der Waals surface area contributed by atoms with Crippen LogP contribution in [-0.4, -0.2) is 56.7 Å². The predicted octanol–water partition coefficient (Wildman–Crippen LogP) is 2.65. The van der Waals surface area contributed by atoms with E-state index in [4.69, 9.17) is 9.47 Å². The molecular formula is C21H23FN2O4. The Bertz CT molecular complexity index is 863. The average Bonchev–Trinajstić information content (AvgIpc) is 2.72. The molecule has 7 heteroatoms. The van der Waals surface area contributed by atoms with E-state index in [0.29, 0.717) is 43.2 Å². The number of carbonyl (C=O) groups is 2. The molecule has 1 aliphatic rings. The Kier molecular flexibility index (Phi) is 6.13. The number of benzene rings is 2. The maximum absolute atomic E-state index is 13.9. The number of methoxy groups -OCH3 is 1. The van der Waals surface area contributed by atoms with Gasteiger partial charge < -0.3 is 19.3 Å². The van der Waals surface area contributed by atoms with Gasteiger partial charge in [0.2, 0.25) is 0 Å². The zero-order valence-corrected chi connectivity index (χ0v) is 16.0. The summed E-state index contributed by atoms with van der Waals surface area (Å²) in [5.41, 5.74) is 1.73. The van der Waals surface area contributed by atoms with Gasteiger partial charge in [-0.05, 0) is 31.2 Å². The molecule has 0 N–H and O–H groups in total. The summed E-state index contributed by atoms with van der Waals surface area (Å²) < 4.78 is 24.3. The van der Waals surface area contributed by atoms with Gasteiger partial charge in [0.15, 0.2) is 6.61 Å². The van der Waals surface area contributed by atoms with Crippen LogP contribution in [0.4, 0.5) is 10.1 Å². The van der Waals surface area contributed by atoms with Gasteiger partial charge in [0, 0.05) is 26.2 Å². The quantitative estimate of drug-likeness (QED) is 0.740. The fourth-order valence-corrected chi connectivity index (χ4v) is 3.17. The van der Waals surface area contributed by atoms with E-state index < -0.39 is 5.97 Å². The van der Waals surface area contributed by atoms with Gasteiger partial charge in [0.1, 0.15) is 17.1 Å². The Balaban J connectivity index is 1.57. The number of rotatable bonds is 5. The van der Waals surface area contributed by atoms with Gasteiger partial charge in [-0.15, -0.1) is 0 Å². The smallest absolute Gasteiger partial charge is 0.341 e. The Labute approximate surface area is 163 Å². The zero-order valence-electron chi connectivity index (χ0n) is 16.0. The minimum Gasteiger partial charge on any atom is -0.483 e. The van der Waals surface area contributed by atoms with Gasteiger partial charge in [-0.2, -0.15) is 0 Å². The van der Waals surface area contributed by atoms with Crippen molar-refractivity contribution in [2.24, 2.45) is 0 Å². The number of amides is 1. The summed E-state index contributed by atoms with van der Waals surface area (Å²) in [6.07, 6.45) is 0. The van der Waals surface area contributed by atoms with Crippen molar-refractivity contribution in [1.29, 1.82) is 0 Å². The molecule has 28 heavy (non-hydrogen) atoms. The number of halogens is 1. The number of hydrogen-bond acceptors (Lipinski definition) is 5. The normalized spacial score (nSPS) is 14.0. The summed E-state index contributed by atoms with van der Waals surface area (Å²) in [5.74, 6) is -0.634. The number of para-hydroxylation sites is 1. The first-order valence-corrected chi connectivity index (χ1v) is 9.08. The highest BCUT2D eigenvalue weighted by Gasteiger charge is 2.23. The van der Waals surface area contributed by atoms with E-state index in [9.17, 15) is 14.0 Å². The van der Waals surface area contributed by atoms with E-state index in [0.717, 1.165) is 5.56 Å². The third-order valence-corrected chi connectivity index (χ3v) is 4.72. The van der Waals surface area contributed by atoms with Gasteiger partial charge in [-0.25, -0.2) is 9.18 Å². The first-order chi connectivity index (χ1) is 13.5. The molecule has 0 aliphatic carbocycles. The van der Waals surface area contributed by atoms with Gasteiger partial charge in [0.05, 0.1) is 12.8 Å². The number of carbonyl (C=O) groups excluding carboxylic acids is 2. The molecule has 6 nitrogen and oxygen atoms in total. The molecule has 1 fully saturated rings. The Morgan fingerprint density at radius 2 is 1.79 bits per heavy atom. The van der Waals surface area contributed by atoms with Crippen LogP contribution in [0.1, 0.15) is 15.9 Å². The summed E-state index contributed by atoms with van der Waals surface area (Å²) in [6.45, 7) is 3.74. The molecule has 0 spiro atoms. The number of piperazine rings is 1. The van der Waals surface area contributed by atoms with Crippen LogP contribution in [-0.2, 0) is 9.53 Å². The van der Waals surface area contributed by atoms with Crippen LogP contribution < -0.4 is 9.64 Å². The predicted molar refractivity (Wildman–Crippen MR) is 103 cm³/mol. The lowest BCUT2D eigenvalue weighted by Crippen LogP contribution is -2.50. The first kappa shape index (κ1) is 19.7. The number of nitrogens with zero attached hydrogens (tertiary/aromatic N) is 2. The molecule has 0 bridgehead atoms. The molecule has 1 aliphatic heterocycles. The molecule has 0 saturated carbocycles. The maximum atomic E-state index is 13.9. The summed E-state index contributed by atoms with van der Waals surface area (Å²) in [5, 5.41) is 0. The van der Waals surface area contributed by atoms with Crippen molar-refractivity contribution in [1.82, 2.24) is 4.90 Å². The summed E-state index contributed by atoms with van der Waals surface area (Å²) in [7, 11) is 1.30. The van der Waals surface area contributed by atoms with Crippen LogP contribution >= 0.6 is 0 Å². The lowest BCUT2D eigenvalue weighted by Gasteiger charge is -2.36. The maximum Gasteiger partial charge on any atom is 0.341 e. The molecule has 2 aromatic carbocycles. The third-order valence-electron chi connectivity index (χ3n) is 4.72. The highest BCUT2D eigenvalue weighted by molar-refractivity contribution is 5.92. The molecule has 0 radical (unpaired) electrons. The summed E-state index contributed by atoms with van der Waals surface area (Å²) >= 11 is 0. The Morgan fingerprint density at radius 1 is 1.07 bits per heavy atom. The van der Waals surface area contributed by atoms with Crippen LogP contribution in [0.5, 0.6) is 5.75 Å². The molecule has 1 saturated heterocycles. The number of aryl methyl sites for hydroxylation is 1. The standard InChI is InChI=1S/C21H23FN2O4/c1-15-7-8-19(16(13-15)21(26)27-2)28-14-20(25)24-11-9-23(10-12-24)18-6-4-3-5-17(18)22/h3-8,13H,9-12,14H2,1-2H3. The molecule has 3 rings (SSSR count). The lowest BCUT2D eigenvalue weighted by atomic mass is 10.1. The van der Waals surface area contributed by atoms with Crippen LogP contribution in [0.2, 0.25) is 0 Å². The molecule has 1 amide bonds. The van der Waals surface area contributed by atoms with E-state index in [-0.39, 0.29) is 18.3 Å². The fraction of sp³-hybridized carbons (Fsp3) is 0.333. The van der Waals surface area contributed by atoms with Crippen molar-refractivity contribution in [3.05, 3.63) is 59.4 Å². The second kappa shape index (κ2) is 8.73. The van der Waals surface area contributed by atoms with Crippen LogP contribution in [0.15, 0.2) is 42.5 Å². The van der Waals surface area contributed by atoms with E-state index in [1.54, 1.807) is 41.3 Å². The molecule has 1 heterocycles. The van der Waals surface area contributed by atoms with Gasteiger partial charge in [-0.3, -0.25) is 4.79 Å². The number of ether oxygens (including phenoxy) is 2. The topological polar surface area (TPSA) is 59.1 Å². The van der Waals surface area contributed by atoms with Crippen LogP contribution in [0.3, 0.4) is 0 Å². The SMILES string of the molecule is COC(=O)c1cc(C)ccc1OCC(=O)N1CCN(c2ccccc2F)CC1. The Hall–Kier alpha value is -3.09. The van der Waals surface area contributed by atoms with Crippen molar-refractivity contribution in [3.63, 3.8) is 0 Å². The van der Waals surface area contributed by atoms with Crippen molar-refractivity contribution in [2.75, 3.05) is 44.8 Å². The zero-order chi connectivity index (χ0) is 20.1. The molecule has 0 unspecified atom stereocenters. The minimum atomic E-state index is -0.510. The lowest BCUT2D eigenvalue weighted by molar-refractivity contribution is -0.133. The first-order valence-electron chi connectivity index (χ1n) is 9.08. The second-order valence-corrected chi connectivity index (χ2v) is 6.60. The van der Waals surface area contributed by atoms with Crippen molar-refractivity contribution >= 4 is 17.6 Å². The van der Waals surface area contributed by atoms with Crippen molar-refractivity contribution in [3.8, 4) is 5.75 Å². The number of anilines is 1. The van der Waals surface area contributed by atoms with E-state index >= 15 is 0 Å². The summed E-state index contributed by atoms with van der Waals surface area (Å²) in [4.78, 5) is 28.0. The Morgan fingerprint density at radius 3 is 2.46 bits per heavy atom. The molecule has 148 valence electrons. The third kappa shape index (κ3) is 4.42. The van der Waals surface area contributed by atoms with Gasteiger partial charge in [0.25, 0.3) is 5.91 Å². The second-order valence-electron chi connectivity index (χ2n) is 6.60. The monoisotopic (exact) mass is 386 g/mol. The van der Waals surface area contributed by atoms with Crippen LogP contribution in [0.25, 0.3) is 0 Å². The molecule has 2 aromatic rings. The van der Waals surface area contributed by atoms with E-state index in [1.807, 2.05) is 11.8 Å². The average molecular weight is 386 g/mol. The summed E-state index contributed by atoms with van der Waals surface area (Å²) in [6, 6.07) is 11.7. The number of hydrogen-bond donors (Lipinski definition) is 0. The molecular weight excluding hydrogens is 363 g/mol. The van der Waals surface area contributed by atoms with Crippen molar-refractivity contribution < 1.29 is 23.5 Å². The number of esters is 1.